The van der Waals surface area contributed by atoms with Gasteiger partial charge in [-0.25, -0.2) is 0 Å². The lowest BCUT2D eigenvalue weighted by Gasteiger charge is -2.05. The Morgan fingerprint density at radius 2 is 1.86 bits per heavy atom. The second kappa shape index (κ2) is 5.70. The van der Waals surface area contributed by atoms with Crippen LogP contribution in [0.15, 0.2) is 34.7 Å². The molecule has 0 aliphatic heterocycles. The van der Waals surface area contributed by atoms with Gasteiger partial charge in [-0.05, 0) is 31.0 Å². The number of hydrogen-bond donors (Lipinski definition) is 1. The van der Waals surface area contributed by atoms with Crippen molar-refractivity contribution in [3.8, 4) is 0 Å². The number of fused-ring (bicyclic) bond motifs is 3. The number of halogens is 1. The van der Waals surface area contributed by atoms with Crippen molar-refractivity contribution in [2.24, 2.45) is 5.92 Å². The van der Waals surface area contributed by atoms with E-state index in [9.17, 15) is 0 Å². The standard InChI is InChI=1S/C18H20ClNO/c1-11(2)9-20-10-17-12(3)15-8-16(19)13-6-4-5-7-14(13)18(15)21-17/h4-8,11,20H,9-10H2,1-3H3. The summed E-state index contributed by atoms with van der Waals surface area (Å²) < 4.78 is 6.13. The van der Waals surface area contributed by atoms with Gasteiger partial charge in [-0.15, -0.1) is 0 Å². The van der Waals surface area contributed by atoms with Gasteiger partial charge in [-0.1, -0.05) is 49.7 Å². The van der Waals surface area contributed by atoms with Crippen molar-refractivity contribution in [3.63, 3.8) is 0 Å². The molecule has 2 nitrogen and oxygen atoms in total. The molecule has 2 aromatic carbocycles. The van der Waals surface area contributed by atoms with Crippen LogP contribution >= 0.6 is 11.6 Å². The van der Waals surface area contributed by atoms with Crippen LogP contribution in [0.25, 0.3) is 21.7 Å². The molecule has 0 atom stereocenters. The number of benzene rings is 2. The molecule has 0 spiro atoms. The lowest BCUT2D eigenvalue weighted by atomic mass is 10.1. The molecule has 3 aromatic rings. The number of nitrogens with one attached hydrogen (secondary N) is 1. The second-order valence-corrected chi connectivity index (χ2v) is 6.36. The fraction of sp³-hybridized carbons (Fsp3) is 0.333. The molecule has 0 amide bonds. The van der Waals surface area contributed by atoms with Gasteiger partial charge in [0.25, 0.3) is 0 Å². The maximum atomic E-state index is 6.41. The quantitative estimate of drug-likeness (QED) is 0.708. The van der Waals surface area contributed by atoms with Gasteiger partial charge in [0.1, 0.15) is 11.3 Å². The minimum absolute atomic E-state index is 0.630. The summed E-state index contributed by atoms with van der Waals surface area (Å²) in [6, 6.07) is 10.1. The first-order chi connectivity index (χ1) is 10.1. The Hall–Kier alpha value is -1.51. The van der Waals surface area contributed by atoms with Gasteiger partial charge in [0.15, 0.2) is 0 Å². The van der Waals surface area contributed by atoms with Crippen molar-refractivity contribution in [1.29, 1.82) is 0 Å². The maximum Gasteiger partial charge on any atom is 0.142 e. The van der Waals surface area contributed by atoms with E-state index >= 15 is 0 Å². The zero-order valence-corrected chi connectivity index (χ0v) is 13.4. The Bertz CT molecular complexity index is 789. The Kier molecular flexibility index (Phi) is 3.92. The van der Waals surface area contributed by atoms with E-state index in [0.717, 1.165) is 45.6 Å². The fourth-order valence-electron chi connectivity index (χ4n) is 2.69. The van der Waals surface area contributed by atoms with Gasteiger partial charge in [0, 0.05) is 21.2 Å². The van der Waals surface area contributed by atoms with Crippen LogP contribution < -0.4 is 5.32 Å². The molecule has 0 aliphatic carbocycles. The SMILES string of the molecule is Cc1c(CNCC(C)C)oc2c1cc(Cl)c1ccccc12. The topological polar surface area (TPSA) is 25.2 Å². The summed E-state index contributed by atoms with van der Waals surface area (Å²) >= 11 is 6.41. The number of hydrogen-bond acceptors (Lipinski definition) is 2. The molecule has 3 rings (SSSR count). The van der Waals surface area contributed by atoms with Crippen molar-refractivity contribution >= 4 is 33.3 Å². The predicted octanol–water partition coefficient (Wildman–Crippen LogP) is 5.29. The van der Waals surface area contributed by atoms with Gasteiger partial charge < -0.3 is 9.73 Å². The Morgan fingerprint density at radius 3 is 2.57 bits per heavy atom. The van der Waals surface area contributed by atoms with Gasteiger partial charge in [0.2, 0.25) is 0 Å². The molecule has 0 unspecified atom stereocenters. The lowest BCUT2D eigenvalue weighted by Crippen LogP contribution is -2.18. The molecule has 3 heteroatoms. The molecular formula is C18H20ClNO. The molecule has 110 valence electrons. The monoisotopic (exact) mass is 301 g/mol. The van der Waals surface area contributed by atoms with Crippen LogP contribution in [0.3, 0.4) is 0 Å². The van der Waals surface area contributed by atoms with Gasteiger partial charge >= 0.3 is 0 Å². The van der Waals surface area contributed by atoms with Crippen LogP contribution in [0, 0.1) is 12.8 Å². The Balaban J connectivity index is 2.08. The summed E-state index contributed by atoms with van der Waals surface area (Å²) in [6.45, 7) is 8.24. The van der Waals surface area contributed by atoms with Crippen LogP contribution in [-0.2, 0) is 6.54 Å². The molecule has 0 radical (unpaired) electrons. The van der Waals surface area contributed by atoms with Crippen molar-refractivity contribution < 1.29 is 4.42 Å². The third kappa shape index (κ3) is 2.66. The largest absolute Gasteiger partial charge is 0.459 e. The summed E-state index contributed by atoms with van der Waals surface area (Å²) in [6.07, 6.45) is 0. The third-order valence-corrected chi connectivity index (χ3v) is 4.14. The molecule has 0 fully saturated rings. The van der Waals surface area contributed by atoms with Crippen LogP contribution in [0.4, 0.5) is 0 Å². The van der Waals surface area contributed by atoms with E-state index in [0.29, 0.717) is 5.92 Å². The van der Waals surface area contributed by atoms with Gasteiger partial charge in [-0.2, -0.15) is 0 Å². The van der Waals surface area contributed by atoms with E-state index in [1.807, 2.05) is 24.3 Å². The molecule has 0 bridgehead atoms. The van der Waals surface area contributed by atoms with E-state index in [4.69, 9.17) is 16.0 Å². The smallest absolute Gasteiger partial charge is 0.142 e. The Morgan fingerprint density at radius 1 is 1.14 bits per heavy atom. The average molecular weight is 302 g/mol. The maximum absolute atomic E-state index is 6.41. The predicted molar refractivity (Wildman–Crippen MR) is 90.0 cm³/mol. The minimum Gasteiger partial charge on any atom is -0.459 e. The molecule has 1 heterocycles. The summed E-state index contributed by atoms with van der Waals surface area (Å²) in [4.78, 5) is 0. The zero-order valence-electron chi connectivity index (χ0n) is 12.7. The second-order valence-electron chi connectivity index (χ2n) is 5.96. The van der Waals surface area contributed by atoms with Crippen molar-refractivity contribution in [2.45, 2.75) is 27.3 Å². The molecule has 1 N–H and O–H groups in total. The summed E-state index contributed by atoms with van der Waals surface area (Å²) in [7, 11) is 0. The lowest BCUT2D eigenvalue weighted by molar-refractivity contribution is 0.483. The van der Waals surface area contributed by atoms with Gasteiger partial charge in [0.05, 0.1) is 6.54 Å². The molecule has 0 saturated carbocycles. The first-order valence-electron chi connectivity index (χ1n) is 7.38. The summed E-state index contributed by atoms with van der Waals surface area (Å²) in [5.41, 5.74) is 2.11. The van der Waals surface area contributed by atoms with E-state index in [1.54, 1.807) is 0 Å². The summed E-state index contributed by atoms with van der Waals surface area (Å²) in [5, 5.41) is 7.46. The van der Waals surface area contributed by atoms with Crippen LogP contribution in [0.1, 0.15) is 25.2 Å². The molecule has 1 aromatic heterocycles. The highest BCUT2D eigenvalue weighted by Gasteiger charge is 2.14. The van der Waals surface area contributed by atoms with Crippen molar-refractivity contribution in [3.05, 3.63) is 46.7 Å². The van der Waals surface area contributed by atoms with E-state index in [-0.39, 0.29) is 0 Å². The van der Waals surface area contributed by atoms with E-state index in [2.05, 4.69) is 32.2 Å². The number of rotatable bonds is 4. The molecular weight excluding hydrogens is 282 g/mol. The van der Waals surface area contributed by atoms with Crippen LogP contribution in [0.2, 0.25) is 5.02 Å². The zero-order chi connectivity index (χ0) is 15.0. The van der Waals surface area contributed by atoms with E-state index in [1.165, 1.54) is 5.56 Å². The molecule has 0 saturated heterocycles. The first-order valence-corrected chi connectivity index (χ1v) is 7.75. The highest BCUT2D eigenvalue weighted by molar-refractivity contribution is 6.37. The summed E-state index contributed by atoms with van der Waals surface area (Å²) in [5.74, 6) is 1.63. The fourth-order valence-corrected chi connectivity index (χ4v) is 2.96. The minimum atomic E-state index is 0.630. The van der Waals surface area contributed by atoms with Crippen molar-refractivity contribution in [1.82, 2.24) is 5.32 Å². The highest BCUT2D eigenvalue weighted by Crippen LogP contribution is 2.36. The normalized spacial score (nSPS) is 11.9. The number of aryl methyl sites for hydroxylation is 1. The number of furan rings is 1. The van der Waals surface area contributed by atoms with Crippen LogP contribution in [-0.4, -0.2) is 6.54 Å². The molecule has 21 heavy (non-hydrogen) atoms. The average Bonchev–Trinajstić information content (AvgIpc) is 2.77. The molecule has 0 aliphatic rings. The Labute approximate surface area is 130 Å². The third-order valence-electron chi connectivity index (χ3n) is 3.83. The van der Waals surface area contributed by atoms with Crippen LogP contribution in [0.5, 0.6) is 0 Å². The van der Waals surface area contributed by atoms with Gasteiger partial charge in [-0.3, -0.25) is 0 Å². The van der Waals surface area contributed by atoms with E-state index < -0.39 is 0 Å². The van der Waals surface area contributed by atoms with Crippen molar-refractivity contribution in [2.75, 3.05) is 6.54 Å². The first kappa shape index (κ1) is 14.4. The highest BCUT2D eigenvalue weighted by atomic mass is 35.5.